The summed E-state index contributed by atoms with van der Waals surface area (Å²) in [4.78, 5) is 12.7. The van der Waals surface area contributed by atoms with Gasteiger partial charge < -0.3 is 4.74 Å². The summed E-state index contributed by atoms with van der Waals surface area (Å²) in [7, 11) is 0. The molecule has 3 aliphatic rings. The second-order valence-corrected chi connectivity index (χ2v) is 10.1. The lowest BCUT2D eigenvalue weighted by molar-refractivity contribution is -0.140. The van der Waals surface area contributed by atoms with E-state index in [0.29, 0.717) is 5.92 Å². The Kier molecular flexibility index (Phi) is 7.32. The summed E-state index contributed by atoms with van der Waals surface area (Å²) in [5.74, 6) is 4.29. The summed E-state index contributed by atoms with van der Waals surface area (Å²) < 4.78 is 5.77. The molecule has 1 aromatic rings. The van der Waals surface area contributed by atoms with Crippen molar-refractivity contribution in [2.75, 3.05) is 0 Å². The van der Waals surface area contributed by atoms with Crippen LogP contribution in [0.15, 0.2) is 24.3 Å². The number of rotatable bonds is 5. The molecule has 3 fully saturated rings. The molecule has 0 N–H and O–H groups in total. The minimum atomic E-state index is 0.00329. The van der Waals surface area contributed by atoms with Crippen LogP contribution >= 0.6 is 0 Å². The van der Waals surface area contributed by atoms with Gasteiger partial charge in [0, 0.05) is 0 Å². The van der Waals surface area contributed by atoms with E-state index in [1.165, 1.54) is 82.6 Å². The van der Waals surface area contributed by atoms with Gasteiger partial charge in [0.25, 0.3) is 0 Å². The first kappa shape index (κ1) is 20.9. The predicted octanol–water partition coefficient (Wildman–Crippen LogP) is 7.66. The van der Waals surface area contributed by atoms with Gasteiger partial charge in [0.15, 0.2) is 0 Å². The van der Waals surface area contributed by atoms with E-state index < -0.39 is 0 Å². The molecule has 29 heavy (non-hydrogen) atoms. The molecule has 4 rings (SSSR count). The first-order valence-electron chi connectivity index (χ1n) is 12.5. The maximum absolute atomic E-state index is 12.7. The Bertz CT molecular complexity index is 627. The molecule has 1 aromatic carbocycles. The molecule has 2 nitrogen and oxygen atoms in total. The summed E-state index contributed by atoms with van der Waals surface area (Å²) in [6, 6.07) is 8.39. The molecule has 0 amide bonds. The minimum absolute atomic E-state index is 0.00329. The van der Waals surface area contributed by atoms with Crippen molar-refractivity contribution in [3.05, 3.63) is 29.8 Å². The molecule has 0 spiro atoms. The second-order valence-electron chi connectivity index (χ2n) is 10.1. The third-order valence-corrected chi connectivity index (χ3v) is 8.42. The number of hydrogen-bond acceptors (Lipinski definition) is 2. The third kappa shape index (κ3) is 5.44. The van der Waals surface area contributed by atoms with Crippen LogP contribution in [0.25, 0.3) is 0 Å². The predicted molar refractivity (Wildman–Crippen MR) is 119 cm³/mol. The molecular weight excluding hydrogens is 356 g/mol. The van der Waals surface area contributed by atoms with Gasteiger partial charge in [-0.05, 0) is 92.7 Å². The Morgan fingerprint density at radius 2 is 1.38 bits per heavy atom. The first-order valence-corrected chi connectivity index (χ1v) is 12.5. The van der Waals surface area contributed by atoms with Crippen molar-refractivity contribution in [2.24, 2.45) is 23.7 Å². The highest BCUT2D eigenvalue weighted by Crippen LogP contribution is 2.42. The molecule has 0 radical (unpaired) electrons. The number of carbonyl (C=O) groups excluding carboxylic acids is 1. The van der Waals surface area contributed by atoms with Crippen molar-refractivity contribution in [3.8, 4) is 5.75 Å². The normalized spacial score (nSPS) is 31.3. The monoisotopic (exact) mass is 396 g/mol. The SMILES string of the molecule is CCC1CCC(C2CCC(C(=O)Oc3ccc(C4CCCCC4)cc3)CC2)CC1. The van der Waals surface area contributed by atoms with Gasteiger partial charge in [-0.3, -0.25) is 4.79 Å². The van der Waals surface area contributed by atoms with Crippen molar-refractivity contribution >= 4 is 5.97 Å². The summed E-state index contributed by atoms with van der Waals surface area (Å²) in [6.07, 6.45) is 18.3. The lowest BCUT2D eigenvalue weighted by Gasteiger charge is -2.37. The molecule has 160 valence electrons. The van der Waals surface area contributed by atoms with Crippen LogP contribution in [-0.4, -0.2) is 5.97 Å². The van der Waals surface area contributed by atoms with Crippen molar-refractivity contribution in [1.29, 1.82) is 0 Å². The fourth-order valence-electron chi connectivity index (χ4n) is 6.34. The molecule has 0 saturated heterocycles. The summed E-state index contributed by atoms with van der Waals surface area (Å²) >= 11 is 0. The van der Waals surface area contributed by atoms with E-state index in [1.54, 1.807) is 0 Å². The molecule has 0 unspecified atom stereocenters. The van der Waals surface area contributed by atoms with E-state index in [2.05, 4.69) is 19.1 Å². The van der Waals surface area contributed by atoms with E-state index in [0.717, 1.165) is 36.3 Å². The maximum Gasteiger partial charge on any atom is 0.314 e. The third-order valence-electron chi connectivity index (χ3n) is 8.42. The Morgan fingerprint density at radius 1 is 0.793 bits per heavy atom. The molecule has 0 heterocycles. The minimum Gasteiger partial charge on any atom is -0.426 e. The van der Waals surface area contributed by atoms with Gasteiger partial charge in [-0.25, -0.2) is 0 Å². The molecule has 0 atom stereocenters. The largest absolute Gasteiger partial charge is 0.426 e. The highest BCUT2D eigenvalue weighted by Gasteiger charge is 2.33. The van der Waals surface area contributed by atoms with Crippen molar-refractivity contribution in [2.45, 2.75) is 103 Å². The highest BCUT2D eigenvalue weighted by molar-refractivity contribution is 5.75. The number of ether oxygens (including phenoxy) is 1. The first-order chi connectivity index (χ1) is 14.2. The van der Waals surface area contributed by atoms with Crippen LogP contribution in [0.5, 0.6) is 5.75 Å². The van der Waals surface area contributed by atoms with E-state index in [-0.39, 0.29) is 11.9 Å². The molecule has 0 aliphatic heterocycles. The molecule has 0 bridgehead atoms. The molecule has 3 aliphatic carbocycles. The molecule has 2 heteroatoms. The second kappa shape index (κ2) is 10.1. The Balaban J connectivity index is 1.22. The maximum atomic E-state index is 12.7. The number of esters is 1. The van der Waals surface area contributed by atoms with E-state index in [1.807, 2.05) is 12.1 Å². The van der Waals surface area contributed by atoms with Crippen LogP contribution in [-0.2, 0) is 4.79 Å². The Hall–Kier alpha value is -1.31. The van der Waals surface area contributed by atoms with Gasteiger partial charge in [-0.2, -0.15) is 0 Å². The Morgan fingerprint density at radius 3 is 1.97 bits per heavy atom. The van der Waals surface area contributed by atoms with Gasteiger partial charge >= 0.3 is 5.97 Å². The summed E-state index contributed by atoms with van der Waals surface area (Å²) in [5, 5.41) is 0. The van der Waals surface area contributed by atoms with Gasteiger partial charge in [0.2, 0.25) is 0 Å². The zero-order valence-electron chi connectivity index (χ0n) is 18.4. The summed E-state index contributed by atoms with van der Waals surface area (Å²) in [5.41, 5.74) is 1.42. The van der Waals surface area contributed by atoms with E-state index >= 15 is 0 Å². The smallest absolute Gasteiger partial charge is 0.314 e. The van der Waals surface area contributed by atoms with Crippen LogP contribution in [0.1, 0.15) is 108 Å². The topological polar surface area (TPSA) is 26.3 Å². The highest BCUT2D eigenvalue weighted by atomic mass is 16.5. The quantitative estimate of drug-likeness (QED) is 0.377. The van der Waals surface area contributed by atoms with E-state index in [4.69, 9.17) is 4.74 Å². The van der Waals surface area contributed by atoms with Crippen molar-refractivity contribution in [3.63, 3.8) is 0 Å². The lowest BCUT2D eigenvalue weighted by Crippen LogP contribution is -2.30. The van der Waals surface area contributed by atoms with Gasteiger partial charge in [-0.15, -0.1) is 0 Å². The fraction of sp³-hybridized carbons (Fsp3) is 0.741. The fourth-order valence-corrected chi connectivity index (χ4v) is 6.34. The molecular formula is C27H40O2. The lowest BCUT2D eigenvalue weighted by atomic mass is 9.69. The van der Waals surface area contributed by atoms with Crippen LogP contribution in [0.2, 0.25) is 0 Å². The zero-order chi connectivity index (χ0) is 20.1. The van der Waals surface area contributed by atoms with Gasteiger partial charge in [0.05, 0.1) is 5.92 Å². The average molecular weight is 397 g/mol. The molecule has 3 saturated carbocycles. The zero-order valence-corrected chi connectivity index (χ0v) is 18.4. The van der Waals surface area contributed by atoms with Gasteiger partial charge in [0.1, 0.15) is 5.75 Å². The van der Waals surface area contributed by atoms with Crippen LogP contribution in [0.3, 0.4) is 0 Å². The number of hydrogen-bond donors (Lipinski definition) is 0. The van der Waals surface area contributed by atoms with E-state index in [9.17, 15) is 4.79 Å². The van der Waals surface area contributed by atoms with Crippen molar-refractivity contribution in [1.82, 2.24) is 0 Å². The summed E-state index contributed by atoms with van der Waals surface area (Å²) in [6.45, 7) is 2.34. The van der Waals surface area contributed by atoms with Gasteiger partial charge in [-0.1, -0.05) is 57.6 Å². The standard InChI is InChI=1S/C27H40O2/c1-2-20-8-10-22(11-9-20)23-12-14-25(15-13-23)27(28)29-26-18-16-24(17-19-26)21-6-4-3-5-7-21/h16-23,25H,2-15H2,1H3. The average Bonchev–Trinajstić information content (AvgIpc) is 2.80. The number of benzene rings is 1. The van der Waals surface area contributed by atoms with Crippen LogP contribution in [0.4, 0.5) is 0 Å². The van der Waals surface area contributed by atoms with Crippen LogP contribution < -0.4 is 4.74 Å². The number of carbonyl (C=O) groups is 1. The van der Waals surface area contributed by atoms with Crippen LogP contribution in [0, 0.1) is 23.7 Å². The Labute approximate surface area is 177 Å². The molecule has 0 aromatic heterocycles. The van der Waals surface area contributed by atoms with Crippen molar-refractivity contribution < 1.29 is 9.53 Å².